The first kappa shape index (κ1) is 19.5. The monoisotopic (exact) mass is 399 g/mol. The highest BCUT2D eigenvalue weighted by Gasteiger charge is 2.32. The summed E-state index contributed by atoms with van der Waals surface area (Å²) in [5.41, 5.74) is 15.6. The Kier molecular flexibility index (Phi) is 5.14. The normalized spacial score (nSPS) is 15.3. The van der Waals surface area contributed by atoms with Gasteiger partial charge in [0.2, 0.25) is 11.9 Å². The van der Waals surface area contributed by atoms with Crippen LogP contribution < -0.4 is 21.1 Å². The first-order valence-electron chi connectivity index (χ1n) is 9.79. The number of aliphatic imine (C=N–C) groups is 2. The van der Waals surface area contributed by atoms with Gasteiger partial charge >= 0.3 is 0 Å². The highest BCUT2D eigenvalue weighted by Crippen LogP contribution is 2.29. The summed E-state index contributed by atoms with van der Waals surface area (Å²) in [6.45, 7) is 4.36. The first-order valence-corrected chi connectivity index (χ1v) is 9.79. The Morgan fingerprint density at radius 2 is 1.57 bits per heavy atom. The fraction of sp³-hybridized carbons (Fsp3) is 0.167. The molecule has 30 heavy (non-hydrogen) atoms. The van der Waals surface area contributed by atoms with Crippen LogP contribution in [0.1, 0.15) is 19.4 Å². The molecule has 0 saturated heterocycles. The van der Waals surface area contributed by atoms with Gasteiger partial charge in [0, 0.05) is 5.69 Å². The van der Waals surface area contributed by atoms with E-state index in [1.807, 2.05) is 61.2 Å². The van der Waals surface area contributed by atoms with Crippen molar-refractivity contribution in [3.63, 3.8) is 0 Å². The number of hydrogen-bond acceptors (Lipinski definition) is 6. The lowest BCUT2D eigenvalue weighted by atomic mass is 10.0. The Bertz CT molecular complexity index is 1090. The van der Waals surface area contributed by atoms with Gasteiger partial charge in [-0.2, -0.15) is 4.99 Å². The third kappa shape index (κ3) is 4.12. The van der Waals surface area contributed by atoms with E-state index in [2.05, 4.69) is 46.4 Å². The van der Waals surface area contributed by atoms with Gasteiger partial charge in [-0.05, 0) is 60.9 Å². The minimum atomic E-state index is -0.615. The van der Waals surface area contributed by atoms with Crippen molar-refractivity contribution in [3.05, 3.63) is 84.4 Å². The molecule has 1 aliphatic heterocycles. The van der Waals surface area contributed by atoms with Gasteiger partial charge in [-0.1, -0.05) is 48.5 Å². The number of rotatable bonds is 5. The van der Waals surface area contributed by atoms with E-state index in [0.717, 1.165) is 17.0 Å². The van der Waals surface area contributed by atoms with Crippen LogP contribution in [0.15, 0.2) is 88.8 Å². The number of anilines is 1. The van der Waals surface area contributed by atoms with Crippen LogP contribution in [0.5, 0.6) is 5.75 Å². The average Bonchev–Trinajstić information content (AvgIpc) is 2.73. The zero-order chi connectivity index (χ0) is 21.1. The molecule has 0 radical (unpaired) electrons. The molecule has 3 aromatic rings. The number of ether oxygens (including phenoxy) is 1. The summed E-state index contributed by atoms with van der Waals surface area (Å²) in [5.74, 6) is 1.28. The van der Waals surface area contributed by atoms with E-state index >= 15 is 0 Å². The Labute approximate surface area is 176 Å². The molecule has 1 aliphatic rings. The number of guanidine groups is 2. The summed E-state index contributed by atoms with van der Waals surface area (Å²) in [5, 5.41) is 0. The molecule has 152 valence electrons. The van der Waals surface area contributed by atoms with Crippen molar-refractivity contribution in [2.75, 3.05) is 4.90 Å². The van der Waals surface area contributed by atoms with Crippen molar-refractivity contribution in [2.45, 2.75) is 26.1 Å². The Morgan fingerprint density at radius 3 is 2.27 bits per heavy atom. The number of hydrogen-bond donors (Lipinski definition) is 2. The molecule has 0 spiro atoms. The summed E-state index contributed by atoms with van der Waals surface area (Å²) in [6, 6.07) is 26.4. The van der Waals surface area contributed by atoms with E-state index < -0.39 is 5.66 Å². The first-order chi connectivity index (χ1) is 14.4. The lowest BCUT2D eigenvalue weighted by Gasteiger charge is -2.38. The van der Waals surface area contributed by atoms with E-state index in [9.17, 15) is 0 Å². The van der Waals surface area contributed by atoms with Gasteiger partial charge in [-0.25, -0.2) is 4.99 Å². The van der Waals surface area contributed by atoms with Crippen LogP contribution in [-0.2, 0) is 6.61 Å². The van der Waals surface area contributed by atoms with Gasteiger partial charge in [0.25, 0.3) is 0 Å². The topological polar surface area (TPSA) is 89.2 Å². The molecule has 0 saturated carbocycles. The Balaban J connectivity index is 1.46. The van der Waals surface area contributed by atoms with E-state index in [0.29, 0.717) is 12.6 Å². The van der Waals surface area contributed by atoms with Crippen molar-refractivity contribution in [1.29, 1.82) is 0 Å². The number of nitrogens with two attached hydrogens (primary N) is 2. The smallest absolute Gasteiger partial charge is 0.220 e. The molecule has 0 bridgehead atoms. The largest absolute Gasteiger partial charge is 0.489 e. The Morgan fingerprint density at radius 1 is 0.867 bits per heavy atom. The second kappa shape index (κ2) is 7.91. The second-order valence-electron chi connectivity index (χ2n) is 7.62. The molecule has 6 heteroatoms. The highest BCUT2D eigenvalue weighted by atomic mass is 16.5. The van der Waals surface area contributed by atoms with Gasteiger partial charge < -0.3 is 16.2 Å². The van der Waals surface area contributed by atoms with Crippen molar-refractivity contribution < 1.29 is 4.74 Å². The quantitative estimate of drug-likeness (QED) is 0.675. The predicted molar refractivity (Wildman–Crippen MR) is 122 cm³/mol. The summed E-state index contributed by atoms with van der Waals surface area (Å²) in [6.07, 6.45) is 0. The van der Waals surface area contributed by atoms with Crippen molar-refractivity contribution >= 4 is 17.6 Å². The summed E-state index contributed by atoms with van der Waals surface area (Å²) in [4.78, 5) is 10.3. The molecular formula is C24H25N5O. The fourth-order valence-electron chi connectivity index (χ4n) is 3.58. The Hall–Kier alpha value is -3.80. The standard InChI is InChI=1S/C24H25N5O/c1-24(2)28-22(25)27-23(26)29(24)20-11-13-21(14-12-20)30-16-17-7-6-10-19(15-17)18-8-4-3-5-9-18/h3-15H,16H2,1-2H3,(H4,25,26,27,28). The average molecular weight is 399 g/mol. The maximum atomic E-state index is 6.10. The molecule has 4 N–H and O–H groups in total. The summed E-state index contributed by atoms with van der Waals surface area (Å²) in [7, 11) is 0. The van der Waals surface area contributed by atoms with E-state index in [1.165, 1.54) is 11.1 Å². The van der Waals surface area contributed by atoms with Gasteiger partial charge in [-0.3, -0.25) is 4.90 Å². The summed E-state index contributed by atoms with van der Waals surface area (Å²) >= 11 is 0. The molecule has 0 aliphatic carbocycles. The van der Waals surface area contributed by atoms with Crippen LogP contribution in [-0.4, -0.2) is 17.6 Å². The van der Waals surface area contributed by atoms with Crippen molar-refractivity contribution in [2.24, 2.45) is 21.5 Å². The third-order valence-corrected chi connectivity index (χ3v) is 4.93. The van der Waals surface area contributed by atoms with Gasteiger partial charge in [0.15, 0.2) is 0 Å². The van der Waals surface area contributed by atoms with E-state index in [4.69, 9.17) is 16.2 Å². The maximum Gasteiger partial charge on any atom is 0.220 e. The summed E-state index contributed by atoms with van der Waals surface area (Å²) < 4.78 is 5.99. The second-order valence-corrected chi connectivity index (χ2v) is 7.62. The number of benzene rings is 3. The molecule has 0 fully saturated rings. The maximum absolute atomic E-state index is 6.10. The molecule has 6 nitrogen and oxygen atoms in total. The van der Waals surface area contributed by atoms with Crippen molar-refractivity contribution in [3.8, 4) is 16.9 Å². The van der Waals surface area contributed by atoms with Crippen LogP contribution in [0.2, 0.25) is 0 Å². The SMILES string of the molecule is CC1(C)N=C(N)N=C(N)N1c1ccc(OCc2cccc(-c3ccccc3)c2)cc1. The lowest BCUT2D eigenvalue weighted by Crippen LogP contribution is -2.54. The van der Waals surface area contributed by atoms with Crippen LogP contribution in [0.3, 0.4) is 0 Å². The molecule has 0 unspecified atom stereocenters. The van der Waals surface area contributed by atoms with E-state index in [-0.39, 0.29) is 5.96 Å². The molecule has 4 rings (SSSR count). The fourth-order valence-corrected chi connectivity index (χ4v) is 3.58. The highest BCUT2D eigenvalue weighted by molar-refractivity contribution is 6.05. The van der Waals surface area contributed by atoms with Crippen molar-refractivity contribution in [1.82, 2.24) is 0 Å². The van der Waals surface area contributed by atoms with Gasteiger partial charge in [0.1, 0.15) is 18.0 Å². The minimum Gasteiger partial charge on any atom is -0.489 e. The van der Waals surface area contributed by atoms with Crippen LogP contribution in [0, 0.1) is 0 Å². The zero-order valence-corrected chi connectivity index (χ0v) is 17.1. The van der Waals surface area contributed by atoms with Crippen LogP contribution >= 0.6 is 0 Å². The van der Waals surface area contributed by atoms with Gasteiger partial charge in [-0.15, -0.1) is 0 Å². The molecule has 0 atom stereocenters. The lowest BCUT2D eigenvalue weighted by molar-refractivity contribution is 0.306. The zero-order valence-electron chi connectivity index (χ0n) is 17.1. The molecular weight excluding hydrogens is 374 g/mol. The molecule has 0 amide bonds. The number of nitrogens with zero attached hydrogens (tertiary/aromatic N) is 3. The molecule has 3 aromatic carbocycles. The molecule has 0 aromatic heterocycles. The molecule has 1 heterocycles. The minimum absolute atomic E-state index is 0.187. The predicted octanol–water partition coefficient (Wildman–Crippen LogP) is 4.12. The van der Waals surface area contributed by atoms with Crippen LogP contribution in [0.25, 0.3) is 11.1 Å². The third-order valence-electron chi connectivity index (χ3n) is 4.93. The van der Waals surface area contributed by atoms with E-state index in [1.54, 1.807) is 0 Å². The van der Waals surface area contributed by atoms with Crippen LogP contribution in [0.4, 0.5) is 5.69 Å². The van der Waals surface area contributed by atoms with Gasteiger partial charge in [0.05, 0.1) is 0 Å².